The maximum Gasteiger partial charge on any atom is 0.305 e. The number of H-pyrrole nitrogens is 1. The van der Waals surface area contributed by atoms with E-state index in [4.69, 9.17) is 9.47 Å². The standard InChI is InChI=1S/C29H23N3O6S2/c1-37-19-12-10-17(11-13-19)30-21(33)15-38-20-9-5-6-16(14-20)22-23-25(39-26-24(22)40-29(36)31-26)28(35)32(27(23)34)18-7-3-2-4-8-18/h2-14,22-23,25H,15H2,1H3,(H,30,33)(H,31,36). The van der Waals surface area contributed by atoms with Crippen LogP contribution in [0.4, 0.5) is 11.4 Å². The Kier molecular flexibility index (Phi) is 6.91. The smallest absolute Gasteiger partial charge is 0.305 e. The number of methoxy groups -OCH3 is 1. The molecule has 0 aliphatic carbocycles. The summed E-state index contributed by atoms with van der Waals surface area (Å²) < 4.78 is 10.9. The van der Waals surface area contributed by atoms with Crippen LogP contribution in [0.3, 0.4) is 0 Å². The zero-order chi connectivity index (χ0) is 27.8. The van der Waals surface area contributed by atoms with Gasteiger partial charge in [0, 0.05) is 16.5 Å². The third-order valence-corrected chi connectivity index (χ3v) is 9.20. The second-order valence-electron chi connectivity index (χ2n) is 9.24. The van der Waals surface area contributed by atoms with E-state index in [1.54, 1.807) is 73.8 Å². The number of fused-ring (bicyclic) bond motifs is 2. The van der Waals surface area contributed by atoms with Crippen LogP contribution in [0, 0.1) is 5.92 Å². The third-order valence-electron chi connectivity index (χ3n) is 6.80. The van der Waals surface area contributed by atoms with E-state index < -0.39 is 17.1 Å². The molecule has 0 saturated carbocycles. The number of carbonyl (C=O) groups is 3. The first-order valence-corrected chi connectivity index (χ1v) is 14.1. The van der Waals surface area contributed by atoms with Crippen molar-refractivity contribution in [3.05, 3.63) is 99.0 Å². The number of nitrogens with zero attached hydrogens (tertiary/aromatic N) is 1. The molecule has 1 saturated heterocycles. The van der Waals surface area contributed by atoms with Crippen molar-refractivity contribution in [2.45, 2.75) is 16.2 Å². The second kappa shape index (κ2) is 10.7. The zero-order valence-electron chi connectivity index (χ0n) is 21.2. The molecule has 2 N–H and O–H groups in total. The van der Waals surface area contributed by atoms with Crippen molar-refractivity contribution in [2.24, 2.45) is 5.92 Å². The third kappa shape index (κ3) is 4.78. The number of hydrogen-bond donors (Lipinski definition) is 2. The minimum Gasteiger partial charge on any atom is -0.497 e. The Morgan fingerprint density at radius 2 is 1.73 bits per heavy atom. The molecule has 0 spiro atoms. The number of nitrogens with one attached hydrogen (secondary N) is 2. The largest absolute Gasteiger partial charge is 0.497 e. The lowest BCUT2D eigenvalue weighted by molar-refractivity contribution is -0.122. The molecule has 40 heavy (non-hydrogen) atoms. The highest BCUT2D eigenvalue weighted by Gasteiger charge is 2.56. The number of carbonyl (C=O) groups excluding carboxylic acids is 3. The number of imide groups is 1. The van der Waals surface area contributed by atoms with Gasteiger partial charge in [0.25, 0.3) is 5.91 Å². The van der Waals surface area contributed by atoms with Gasteiger partial charge in [-0.05, 0) is 54.1 Å². The van der Waals surface area contributed by atoms with Crippen LogP contribution in [-0.2, 0) is 14.4 Å². The Bertz CT molecular complexity index is 1650. The summed E-state index contributed by atoms with van der Waals surface area (Å²) in [6, 6.07) is 22.9. The number of hydrogen-bond acceptors (Lipinski definition) is 8. The van der Waals surface area contributed by atoms with E-state index in [0.717, 1.165) is 16.9 Å². The average molecular weight is 574 g/mol. The van der Waals surface area contributed by atoms with Crippen LogP contribution < -0.4 is 24.6 Å². The summed E-state index contributed by atoms with van der Waals surface area (Å²) >= 11 is 2.27. The van der Waals surface area contributed by atoms with Crippen molar-refractivity contribution < 1.29 is 23.9 Å². The van der Waals surface area contributed by atoms with Gasteiger partial charge in [0.15, 0.2) is 6.61 Å². The molecule has 2 aliphatic heterocycles. The second-order valence-corrected chi connectivity index (χ2v) is 11.4. The topological polar surface area (TPSA) is 118 Å². The molecular weight excluding hydrogens is 550 g/mol. The van der Waals surface area contributed by atoms with Crippen molar-refractivity contribution in [1.82, 2.24) is 4.98 Å². The van der Waals surface area contributed by atoms with Gasteiger partial charge in [0.2, 0.25) is 11.8 Å². The fourth-order valence-electron chi connectivity index (χ4n) is 5.03. The molecule has 202 valence electrons. The van der Waals surface area contributed by atoms with Crippen molar-refractivity contribution in [1.29, 1.82) is 0 Å². The van der Waals surface area contributed by atoms with Gasteiger partial charge in [0.05, 0.1) is 23.7 Å². The van der Waals surface area contributed by atoms with E-state index in [2.05, 4.69) is 10.3 Å². The zero-order valence-corrected chi connectivity index (χ0v) is 22.8. The molecule has 3 atom stereocenters. The molecule has 0 bridgehead atoms. The monoisotopic (exact) mass is 573 g/mol. The maximum atomic E-state index is 13.8. The summed E-state index contributed by atoms with van der Waals surface area (Å²) in [5, 5.41) is 2.69. The fourth-order valence-corrected chi connectivity index (χ4v) is 7.54. The van der Waals surface area contributed by atoms with Gasteiger partial charge >= 0.3 is 4.87 Å². The van der Waals surface area contributed by atoms with Gasteiger partial charge in [-0.15, -0.1) is 0 Å². The summed E-state index contributed by atoms with van der Waals surface area (Å²) in [4.78, 5) is 56.6. The van der Waals surface area contributed by atoms with E-state index in [-0.39, 0.29) is 29.2 Å². The lowest BCUT2D eigenvalue weighted by Gasteiger charge is -2.30. The Morgan fingerprint density at radius 3 is 2.48 bits per heavy atom. The number of ether oxygens (including phenoxy) is 2. The van der Waals surface area contributed by atoms with Crippen LogP contribution in [-0.4, -0.2) is 41.7 Å². The average Bonchev–Trinajstić information content (AvgIpc) is 3.46. The number of aromatic amines is 1. The molecule has 0 radical (unpaired) electrons. The van der Waals surface area contributed by atoms with E-state index in [0.29, 0.717) is 32.8 Å². The van der Waals surface area contributed by atoms with E-state index in [1.165, 1.54) is 16.7 Å². The van der Waals surface area contributed by atoms with Crippen LogP contribution in [0.2, 0.25) is 0 Å². The molecule has 2 aliphatic rings. The number of aromatic nitrogens is 1. The first-order valence-electron chi connectivity index (χ1n) is 12.4. The summed E-state index contributed by atoms with van der Waals surface area (Å²) in [6.07, 6.45) is 0. The number of para-hydroxylation sites is 1. The van der Waals surface area contributed by atoms with Gasteiger partial charge in [-0.2, -0.15) is 0 Å². The van der Waals surface area contributed by atoms with E-state index in [9.17, 15) is 19.2 Å². The normalized spacial score (nSPS) is 19.6. The molecule has 4 aromatic rings. The number of benzene rings is 3. The van der Waals surface area contributed by atoms with Crippen molar-refractivity contribution in [3.8, 4) is 11.5 Å². The molecule has 1 aromatic heterocycles. The number of anilines is 2. The van der Waals surface area contributed by atoms with Crippen LogP contribution in [0.15, 0.2) is 88.7 Å². The highest BCUT2D eigenvalue weighted by molar-refractivity contribution is 8.00. The number of amides is 3. The summed E-state index contributed by atoms with van der Waals surface area (Å²) in [5.41, 5.74) is 1.84. The predicted molar refractivity (Wildman–Crippen MR) is 152 cm³/mol. The first-order chi connectivity index (χ1) is 19.4. The summed E-state index contributed by atoms with van der Waals surface area (Å²) in [6.45, 7) is -0.232. The number of rotatable bonds is 7. The van der Waals surface area contributed by atoms with Crippen LogP contribution in [0.5, 0.6) is 11.5 Å². The lowest BCUT2D eigenvalue weighted by Crippen LogP contribution is -2.32. The summed E-state index contributed by atoms with van der Waals surface area (Å²) in [7, 11) is 1.57. The number of thioether (sulfide) groups is 1. The minimum atomic E-state index is -0.703. The lowest BCUT2D eigenvalue weighted by atomic mass is 9.83. The quantitative estimate of drug-likeness (QED) is 0.317. The molecular formula is C29H23N3O6S2. The Morgan fingerprint density at radius 1 is 0.950 bits per heavy atom. The Labute approximate surface area is 237 Å². The molecule has 6 rings (SSSR count). The Hall–Kier alpha value is -4.35. The van der Waals surface area contributed by atoms with Gasteiger partial charge < -0.3 is 19.8 Å². The first kappa shape index (κ1) is 25.9. The molecule has 3 heterocycles. The van der Waals surface area contributed by atoms with E-state index >= 15 is 0 Å². The van der Waals surface area contributed by atoms with Gasteiger partial charge in [-0.25, -0.2) is 4.90 Å². The van der Waals surface area contributed by atoms with Crippen molar-refractivity contribution >= 4 is 52.2 Å². The van der Waals surface area contributed by atoms with Gasteiger partial charge in [-0.1, -0.05) is 53.4 Å². The van der Waals surface area contributed by atoms with Crippen molar-refractivity contribution in [2.75, 3.05) is 23.9 Å². The van der Waals surface area contributed by atoms with Crippen LogP contribution >= 0.6 is 23.1 Å². The molecule has 3 unspecified atom stereocenters. The predicted octanol–water partition coefficient (Wildman–Crippen LogP) is 4.26. The van der Waals surface area contributed by atoms with Crippen LogP contribution in [0.1, 0.15) is 16.4 Å². The van der Waals surface area contributed by atoms with Crippen molar-refractivity contribution in [3.63, 3.8) is 0 Å². The Balaban J connectivity index is 1.26. The highest BCUT2D eigenvalue weighted by atomic mass is 32.2. The van der Waals surface area contributed by atoms with Gasteiger partial charge in [-0.3, -0.25) is 19.2 Å². The SMILES string of the molecule is COc1ccc(NC(=O)COc2cccc(C3c4sc(=O)[nH]c4SC4C(=O)N(c5ccccc5)C(=O)C43)c2)cc1. The molecule has 11 heteroatoms. The fraction of sp³-hybridized carbons (Fsp3) is 0.172. The molecule has 9 nitrogen and oxygen atoms in total. The van der Waals surface area contributed by atoms with Gasteiger partial charge in [0.1, 0.15) is 16.7 Å². The minimum absolute atomic E-state index is 0.232. The molecule has 3 aromatic carbocycles. The molecule has 3 amide bonds. The summed E-state index contributed by atoms with van der Waals surface area (Å²) in [5.74, 6) is -1.09. The highest BCUT2D eigenvalue weighted by Crippen LogP contribution is 2.53. The van der Waals surface area contributed by atoms with Crippen LogP contribution in [0.25, 0.3) is 0 Å². The molecule has 1 fully saturated rings. The number of thiazole rings is 1. The maximum absolute atomic E-state index is 13.8. The van der Waals surface area contributed by atoms with E-state index in [1.807, 2.05) is 12.1 Å².